The van der Waals surface area contributed by atoms with E-state index in [-0.39, 0.29) is 22.0 Å². The smallest absolute Gasteiger partial charge is 0.265 e. The maximum atomic E-state index is 13.7. The van der Waals surface area contributed by atoms with Crippen LogP contribution in [0.3, 0.4) is 0 Å². The number of nitrogens with zero attached hydrogens (tertiary/aromatic N) is 4. The number of aromatic nitrogens is 3. The van der Waals surface area contributed by atoms with Crippen molar-refractivity contribution < 1.29 is 4.79 Å². The van der Waals surface area contributed by atoms with Crippen molar-refractivity contribution >= 4 is 45.5 Å². The lowest BCUT2D eigenvalue weighted by Gasteiger charge is -2.20. The van der Waals surface area contributed by atoms with Crippen LogP contribution in [0.15, 0.2) is 41.2 Å². The molecule has 0 bridgehead atoms. The van der Waals surface area contributed by atoms with Gasteiger partial charge in [-0.15, -0.1) is 11.3 Å². The highest BCUT2D eigenvalue weighted by molar-refractivity contribution is 7.71. The van der Waals surface area contributed by atoms with Crippen LogP contribution in [-0.4, -0.2) is 20.0 Å². The van der Waals surface area contributed by atoms with E-state index in [9.17, 15) is 14.9 Å². The number of thiophene rings is 1. The van der Waals surface area contributed by atoms with E-state index < -0.39 is 11.5 Å². The molecule has 3 aromatic heterocycles. The van der Waals surface area contributed by atoms with Gasteiger partial charge in [-0.1, -0.05) is 18.2 Å². The molecule has 3 heterocycles. The monoisotopic (exact) mass is 473 g/mol. The number of fused-ring (bicyclic) bond motifs is 3. The first-order valence-electron chi connectivity index (χ1n) is 10.5. The number of hydrogen-bond acceptors (Lipinski definition) is 7. The summed E-state index contributed by atoms with van der Waals surface area (Å²) in [5.41, 5.74) is 8.09. The number of anilines is 1. The third kappa shape index (κ3) is 3.30. The van der Waals surface area contributed by atoms with E-state index in [0.717, 1.165) is 31.2 Å². The maximum absolute atomic E-state index is 13.7. The summed E-state index contributed by atoms with van der Waals surface area (Å²) in [6.07, 6.45) is 3.80. The molecule has 0 saturated heterocycles. The van der Waals surface area contributed by atoms with Crippen molar-refractivity contribution in [1.82, 2.24) is 14.1 Å². The molecular formula is C24H19N5O2S2. The van der Waals surface area contributed by atoms with Crippen molar-refractivity contribution in [3.05, 3.63) is 78.7 Å². The molecule has 1 aliphatic rings. The molecule has 1 aliphatic carbocycles. The van der Waals surface area contributed by atoms with Gasteiger partial charge in [-0.2, -0.15) is 5.26 Å². The molecule has 7 nitrogen and oxygen atoms in total. The lowest BCUT2D eigenvalue weighted by molar-refractivity contribution is 0.0957. The summed E-state index contributed by atoms with van der Waals surface area (Å²) in [5.74, 6) is -0.168. The maximum Gasteiger partial charge on any atom is 0.265 e. The van der Waals surface area contributed by atoms with Crippen LogP contribution < -0.4 is 11.3 Å². The zero-order valence-corrected chi connectivity index (χ0v) is 19.4. The van der Waals surface area contributed by atoms with Crippen molar-refractivity contribution in [3.8, 4) is 11.9 Å². The van der Waals surface area contributed by atoms with Gasteiger partial charge in [0.25, 0.3) is 11.5 Å². The molecule has 0 spiro atoms. The number of aryl methyl sites for hydroxylation is 3. The van der Waals surface area contributed by atoms with Gasteiger partial charge in [0.15, 0.2) is 0 Å². The van der Waals surface area contributed by atoms with Gasteiger partial charge in [-0.05, 0) is 68.1 Å². The third-order valence-electron chi connectivity index (χ3n) is 5.98. The average Bonchev–Trinajstić information content (AvgIpc) is 3.17. The molecule has 4 aromatic rings. The van der Waals surface area contributed by atoms with Crippen molar-refractivity contribution in [2.75, 3.05) is 5.73 Å². The van der Waals surface area contributed by atoms with Crippen LogP contribution in [0.5, 0.6) is 0 Å². The number of pyridine rings is 1. The number of rotatable bonds is 2. The molecule has 164 valence electrons. The number of benzene rings is 1. The first-order valence-corrected chi connectivity index (χ1v) is 11.7. The zero-order chi connectivity index (χ0) is 23.3. The van der Waals surface area contributed by atoms with E-state index in [0.29, 0.717) is 21.3 Å². The zero-order valence-electron chi connectivity index (χ0n) is 17.8. The second-order valence-electron chi connectivity index (χ2n) is 7.99. The van der Waals surface area contributed by atoms with Gasteiger partial charge in [0.05, 0.1) is 10.9 Å². The van der Waals surface area contributed by atoms with Gasteiger partial charge < -0.3 is 5.73 Å². The fraction of sp³-hybridized carbons (Fsp3) is 0.208. The average molecular weight is 474 g/mol. The Morgan fingerprint density at radius 1 is 1.24 bits per heavy atom. The second kappa shape index (κ2) is 8.06. The Balaban J connectivity index is 1.98. The summed E-state index contributed by atoms with van der Waals surface area (Å²) in [6, 6.07) is 12.1. The fourth-order valence-corrected chi connectivity index (χ4v) is 6.00. The molecule has 1 aromatic carbocycles. The number of nitriles is 1. The van der Waals surface area contributed by atoms with Crippen molar-refractivity contribution in [3.63, 3.8) is 0 Å². The molecule has 0 saturated carbocycles. The highest BCUT2D eigenvalue weighted by Crippen LogP contribution is 2.39. The first-order chi connectivity index (χ1) is 15.9. The molecule has 0 radical (unpaired) electrons. The predicted octanol–water partition coefficient (Wildman–Crippen LogP) is 4.31. The van der Waals surface area contributed by atoms with Crippen LogP contribution in [-0.2, 0) is 12.8 Å². The normalized spacial score (nSPS) is 13.0. The summed E-state index contributed by atoms with van der Waals surface area (Å²) < 4.78 is 2.56. The van der Waals surface area contributed by atoms with E-state index >= 15 is 0 Å². The van der Waals surface area contributed by atoms with Gasteiger partial charge in [-0.25, -0.2) is 14.1 Å². The van der Waals surface area contributed by atoms with E-state index in [4.69, 9.17) is 18.0 Å². The van der Waals surface area contributed by atoms with Crippen LogP contribution in [0.4, 0.5) is 5.82 Å². The number of carbonyl (C=O) groups is 1. The van der Waals surface area contributed by atoms with Gasteiger partial charge in [0.2, 0.25) is 4.77 Å². The summed E-state index contributed by atoms with van der Waals surface area (Å²) in [7, 11) is 0. The SMILES string of the molecule is Cc1cc(=O)n(-c2c3c4c(sc3nc(=S)n2C(=O)c2ccccc2)CCCC4)c(N)c1C#N. The number of carbonyl (C=O) groups excluding carboxylic acids is 1. The first kappa shape index (κ1) is 21.2. The van der Waals surface area contributed by atoms with Crippen molar-refractivity contribution in [1.29, 1.82) is 5.26 Å². The largest absolute Gasteiger partial charge is 0.384 e. The predicted molar refractivity (Wildman–Crippen MR) is 131 cm³/mol. The van der Waals surface area contributed by atoms with Gasteiger partial charge in [0.1, 0.15) is 22.5 Å². The highest BCUT2D eigenvalue weighted by atomic mass is 32.1. The van der Waals surface area contributed by atoms with Gasteiger partial charge in [-0.3, -0.25) is 9.59 Å². The molecule has 0 fully saturated rings. The minimum Gasteiger partial charge on any atom is -0.384 e. The Labute approximate surface area is 198 Å². The third-order valence-corrected chi connectivity index (χ3v) is 7.44. The standard InChI is InChI=1S/C24H19N5O2S2/c1-13-11-18(30)28(20(26)16(13)12-25)22-19-15-9-5-6-10-17(15)33-21(19)27-24(32)29(22)23(31)14-7-3-2-4-8-14/h2-4,7-8,11H,5-6,9-10,26H2,1H3. The molecule has 0 aliphatic heterocycles. The van der Waals surface area contributed by atoms with E-state index in [1.807, 2.05) is 6.07 Å². The fourth-order valence-electron chi connectivity index (χ4n) is 4.42. The summed E-state index contributed by atoms with van der Waals surface area (Å²) in [6.45, 7) is 1.66. The molecule has 2 N–H and O–H groups in total. The van der Waals surface area contributed by atoms with Crippen LogP contribution in [0, 0.1) is 23.0 Å². The molecular weight excluding hydrogens is 454 g/mol. The summed E-state index contributed by atoms with van der Waals surface area (Å²) >= 11 is 7.11. The lowest BCUT2D eigenvalue weighted by Crippen LogP contribution is -2.29. The number of hydrogen-bond donors (Lipinski definition) is 1. The van der Waals surface area contributed by atoms with Crippen molar-refractivity contribution in [2.45, 2.75) is 32.6 Å². The van der Waals surface area contributed by atoms with E-state index in [1.165, 1.54) is 20.1 Å². The topological polar surface area (TPSA) is 107 Å². The quantitative estimate of drug-likeness (QED) is 0.435. The van der Waals surface area contributed by atoms with Crippen LogP contribution in [0.1, 0.15) is 44.8 Å². The molecule has 5 rings (SSSR count). The minimum absolute atomic E-state index is 0.0187. The van der Waals surface area contributed by atoms with Crippen LogP contribution in [0.25, 0.3) is 16.0 Å². The molecule has 0 amide bonds. The van der Waals surface area contributed by atoms with Gasteiger partial charge in [0, 0.05) is 16.5 Å². The van der Waals surface area contributed by atoms with E-state index in [1.54, 1.807) is 42.5 Å². The Hall–Kier alpha value is -3.61. The Morgan fingerprint density at radius 2 is 1.97 bits per heavy atom. The summed E-state index contributed by atoms with van der Waals surface area (Å²) in [5, 5.41) is 10.4. The molecule has 9 heteroatoms. The Morgan fingerprint density at radius 3 is 2.70 bits per heavy atom. The lowest BCUT2D eigenvalue weighted by atomic mass is 9.97. The minimum atomic E-state index is -0.434. The van der Waals surface area contributed by atoms with E-state index in [2.05, 4.69) is 11.1 Å². The Bertz CT molecular complexity index is 1610. The molecule has 0 atom stereocenters. The molecule has 0 unspecified atom stereocenters. The number of nitrogens with two attached hydrogens (primary N) is 1. The Kier molecular flexibility index (Phi) is 5.19. The molecule has 33 heavy (non-hydrogen) atoms. The highest BCUT2D eigenvalue weighted by Gasteiger charge is 2.27. The van der Waals surface area contributed by atoms with Crippen molar-refractivity contribution in [2.24, 2.45) is 0 Å². The van der Waals surface area contributed by atoms with Gasteiger partial charge >= 0.3 is 0 Å². The van der Waals surface area contributed by atoms with Crippen LogP contribution >= 0.6 is 23.6 Å². The second-order valence-corrected chi connectivity index (χ2v) is 9.44. The summed E-state index contributed by atoms with van der Waals surface area (Å²) in [4.78, 5) is 33.4. The number of nitrogen functional groups attached to an aromatic ring is 1. The van der Waals surface area contributed by atoms with Crippen LogP contribution in [0.2, 0.25) is 0 Å².